The fourth-order valence-electron chi connectivity index (χ4n) is 2.44. The summed E-state index contributed by atoms with van der Waals surface area (Å²) in [5, 5.41) is 2.41. The van der Waals surface area contributed by atoms with E-state index in [2.05, 4.69) is 5.32 Å². The molecule has 1 aromatic rings. The Bertz CT molecular complexity index is 542. The quantitative estimate of drug-likeness (QED) is 0.670. The maximum absolute atomic E-state index is 13.2. The van der Waals surface area contributed by atoms with E-state index in [4.69, 9.17) is 0 Å². The Hall–Kier alpha value is -1.57. The van der Waals surface area contributed by atoms with Crippen LogP contribution in [-0.4, -0.2) is 25.0 Å². The minimum Gasteiger partial charge on any atom is -0.315 e. The van der Waals surface area contributed by atoms with E-state index >= 15 is 0 Å². The van der Waals surface area contributed by atoms with E-state index in [9.17, 15) is 31.1 Å². The highest BCUT2D eigenvalue weighted by atomic mass is 19.4. The molecular weight excluding hydrogens is 300 g/mol. The van der Waals surface area contributed by atoms with E-state index < -0.39 is 47.6 Å². The minimum absolute atomic E-state index is 0.0700. The topological polar surface area (TPSA) is 29.1 Å². The molecule has 1 heterocycles. The molecular formula is C13H11F6NO. The molecule has 1 aromatic carbocycles. The first-order chi connectivity index (χ1) is 9.59. The summed E-state index contributed by atoms with van der Waals surface area (Å²) < 4.78 is 78.3. The van der Waals surface area contributed by atoms with Crippen LogP contribution in [0.3, 0.4) is 0 Å². The highest BCUT2D eigenvalue weighted by molar-refractivity contribution is 6.02. The summed E-state index contributed by atoms with van der Waals surface area (Å²) in [7, 11) is 0. The van der Waals surface area contributed by atoms with Gasteiger partial charge in [-0.3, -0.25) is 4.79 Å². The molecule has 0 radical (unpaired) electrons. The van der Waals surface area contributed by atoms with Gasteiger partial charge in [-0.1, -0.05) is 18.2 Å². The first kappa shape index (κ1) is 15.8. The van der Waals surface area contributed by atoms with Gasteiger partial charge >= 0.3 is 12.4 Å². The molecule has 1 aliphatic heterocycles. The normalized spacial score (nSPS) is 23.3. The molecule has 1 N–H and O–H groups in total. The first-order valence-corrected chi connectivity index (χ1v) is 6.08. The Morgan fingerprint density at radius 2 is 1.71 bits per heavy atom. The van der Waals surface area contributed by atoms with Crippen molar-refractivity contribution in [3.63, 3.8) is 0 Å². The average Bonchev–Trinajstić information content (AvgIpc) is 2.87. The van der Waals surface area contributed by atoms with Crippen molar-refractivity contribution in [2.45, 2.75) is 18.8 Å². The van der Waals surface area contributed by atoms with Crippen LogP contribution < -0.4 is 5.32 Å². The molecule has 0 bridgehead atoms. The predicted molar refractivity (Wildman–Crippen MR) is 61.7 cm³/mol. The highest BCUT2D eigenvalue weighted by Gasteiger charge is 2.61. The molecule has 1 unspecified atom stereocenters. The van der Waals surface area contributed by atoms with Crippen LogP contribution in [0.2, 0.25) is 0 Å². The Morgan fingerprint density at radius 3 is 2.19 bits per heavy atom. The Morgan fingerprint density at radius 1 is 1.10 bits per heavy atom. The lowest BCUT2D eigenvalue weighted by atomic mass is 9.77. The van der Waals surface area contributed by atoms with E-state index in [1.54, 1.807) is 0 Å². The molecule has 116 valence electrons. The SMILES string of the molecule is O=C(c1ccccc1C(F)(F)F)C1(C(F)(F)F)CCNC1. The highest BCUT2D eigenvalue weighted by Crippen LogP contribution is 2.46. The fourth-order valence-corrected chi connectivity index (χ4v) is 2.44. The summed E-state index contributed by atoms with van der Waals surface area (Å²) in [6.45, 7) is -0.777. The average molecular weight is 311 g/mol. The van der Waals surface area contributed by atoms with Crippen LogP contribution in [0.25, 0.3) is 0 Å². The number of benzene rings is 1. The van der Waals surface area contributed by atoms with Crippen molar-refractivity contribution >= 4 is 5.78 Å². The molecule has 8 heteroatoms. The lowest BCUT2D eigenvalue weighted by molar-refractivity contribution is -0.197. The van der Waals surface area contributed by atoms with Crippen molar-refractivity contribution in [1.29, 1.82) is 0 Å². The van der Waals surface area contributed by atoms with Crippen LogP contribution in [0.15, 0.2) is 24.3 Å². The van der Waals surface area contributed by atoms with E-state index in [1.807, 2.05) is 0 Å². The van der Waals surface area contributed by atoms with Crippen LogP contribution in [0.4, 0.5) is 26.3 Å². The van der Waals surface area contributed by atoms with Gasteiger partial charge in [0.05, 0.1) is 5.56 Å². The molecule has 0 aliphatic carbocycles. The van der Waals surface area contributed by atoms with Gasteiger partial charge in [-0.05, 0) is 19.0 Å². The van der Waals surface area contributed by atoms with Crippen molar-refractivity contribution < 1.29 is 31.1 Å². The number of alkyl halides is 6. The molecule has 2 rings (SSSR count). The number of Topliss-reactive ketones (excluding diaryl/α,β-unsaturated/α-hetero) is 1. The third kappa shape index (κ3) is 2.64. The molecule has 0 aromatic heterocycles. The summed E-state index contributed by atoms with van der Waals surface area (Å²) >= 11 is 0. The van der Waals surface area contributed by atoms with Gasteiger partial charge in [-0.25, -0.2) is 0 Å². The lowest BCUT2D eigenvalue weighted by Crippen LogP contribution is -2.47. The largest absolute Gasteiger partial charge is 0.417 e. The zero-order valence-corrected chi connectivity index (χ0v) is 10.6. The van der Waals surface area contributed by atoms with Gasteiger partial charge in [-0.2, -0.15) is 26.3 Å². The molecule has 2 nitrogen and oxygen atoms in total. The van der Waals surface area contributed by atoms with E-state index in [1.165, 1.54) is 0 Å². The molecule has 0 spiro atoms. The first-order valence-electron chi connectivity index (χ1n) is 6.08. The molecule has 0 amide bonds. The Labute approximate surface area is 116 Å². The molecule has 1 saturated heterocycles. The van der Waals surface area contributed by atoms with Crippen LogP contribution in [-0.2, 0) is 6.18 Å². The zero-order valence-electron chi connectivity index (χ0n) is 10.6. The van der Waals surface area contributed by atoms with Crippen LogP contribution in [0, 0.1) is 5.41 Å². The number of carbonyl (C=O) groups is 1. The summed E-state index contributed by atoms with van der Waals surface area (Å²) in [6, 6.07) is 3.55. The molecule has 1 fully saturated rings. The monoisotopic (exact) mass is 311 g/mol. The van der Waals surface area contributed by atoms with Crippen molar-refractivity contribution in [3.05, 3.63) is 35.4 Å². The molecule has 21 heavy (non-hydrogen) atoms. The second-order valence-electron chi connectivity index (χ2n) is 4.88. The van der Waals surface area contributed by atoms with Crippen molar-refractivity contribution in [2.24, 2.45) is 5.41 Å². The second kappa shape index (κ2) is 5.01. The standard InChI is InChI=1S/C13H11F6NO/c14-12(15,16)9-4-2-1-3-8(9)10(21)11(13(17,18)19)5-6-20-7-11/h1-4,20H,5-7H2. The second-order valence-corrected chi connectivity index (χ2v) is 4.88. The summed E-state index contributed by atoms with van der Waals surface area (Å²) in [5.41, 5.74) is -5.08. The van der Waals surface area contributed by atoms with Gasteiger partial charge in [0.2, 0.25) is 0 Å². The van der Waals surface area contributed by atoms with Crippen molar-refractivity contribution in [3.8, 4) is 0 Å². The third-order valence-electron chi connectivity index (χ3n) is 3.61. The van der Waals surface area contributed by atoms with Gasteiger partial charge in [-0.15, -0.1) is 0 Å². The van der Waals surface area contributed by atoms with E-state index in [-0.39, 0.29) is 6.54 Å². The third-order valence-corrected chi connectivity index (χ3v) is 3.61. The van der Waals surface area contributed by atoms with Crippen molar-refractivity contribution in [2.75, 3.05) is 13.1 Å². The molecule has 1 atom stereocenters. The fraction of sp³-hybridized carbons (Fsp3) is 0.462. The summed E-state index contributed by atoms with van der Waals surface area (Å²) in [6.07, 6.45) is -10.4. The van der Waals surface area contributed by atoms with Gasteiger partial charge in [0.15, 0.2) is 5.78 Å². The number of carbonyl (C=O) groups excluding carboxylic acids is 1. The van der Waals surface area contributed by atoms with Gasteiger partial charge in [0.25, 0.3) is 0 Å². The van der Waals surface area contributed by atoms with Crippen LogP contribution >= 0.6 is 0 Å². The van der Waals surface area contributed by atoms with Crippen LogP contribution in [0.5, 0.6) is 0 Å². The van der Waals surface area contributed by atoms with E-state index in [0.717, 1.165) is 18.2 Å². The number of hydrogen-bond donors (Lipinski definition) is 1. The maximum Gasteiger partial charge on any atom is 0.417 e. The number of halogens is 6. The predicted octanol–water partition coefficient (Wildman–Crippen LogP) is 3.43. The summed E-state index contributed by atoms with van der Waals surface area (Å²) in [4.78, 5) is 12.2. The Balaban J connectivity index is 2.54. The number of ketones is 1. The zero-order chi connectivity index (χ0) is 15.9. The number of rotatable bonds is 2. The van der Waals surface area contributed by atoms with Crippen LogP contribution in [0.1, 0.15) is 22.3 Å². The smallest absolute Gasteiger partial charge is 0.315 e. The van der Waals surface area contributed by atoms with E-state index in [0.29, 0.717) is 6.07 Å². The van der Waals surface area contributed by atoms with Gasteiger partial charge < -0.3 is 5.32 Å². The Kier molecular flexibility index (Phi) is 3.77. The van der Waals surface area contributed by atoms with Crippen molar-refractivity contribution in [1.82, 2.24) is 5.32 Å². The molecule has 1 aliphatic rings. The molecule has 0 saturated carbocycles. The van der Waals surface area contributed by atoms with Gasteiger partial charge in [0, 0.05) is 12.1 Å². The maximum atomic E-state index is 13.2. The van der Waals surface area contributed by atoms with Gasteiger partial charge in [0.1, 0.15) is 5.41 Å². The minimum atomic E-state index is -4.91. The number of hydrogen-bond acceptors (Lipinski definition) is 2. The summed E-state index contributed by atoms with van der Waals surface area (Å²) in [5.74, 6) is -1.53. The number of nitrogens with one attached hydrogen (secondary N) is 1. The lowest BCUT2D eigenvalue weighted by Gasteiger charge is -2.30.